The van der Waals surface area contributed by atoms with Crippen LogP contribution in [0.1, 0.15) is 26.3 Å². The number of carbonyl (C=O) groups excluding carboxylic acids is 2. The van der Waals surface area contributed by atoms with Crippen molar-refractivity contribution in [1.29, 1.82) is 0 Å². The van der Waals surface area contributed by atoms with E-state index in [1.807, 2.05) is 0 Å². The SMILES string of the molecule is Cc1ccc(C(=O)NNC(=O)c2ccccc2)cc1F. The van der Waals surface area contributed by atoms with Gasteiger partial charge in [0.1, 0.15) is 5.82 Å². The lowest BCUT2D eigenvalue weighted by molar-refractivity contribution is 0.0846. The highest BCUT2D eigenvalue weighted by molar-refractivity contribution is 5.99. The van der Waals surface area contributed by atoms with Crippen molar-refractivity contribution in [3.05, 3.63) is 71.0 Å². The van der Waals surface area contributed by atoms with Crippen LogP contribution < -0.4 is 10.9 Å². The summed E-state index contributed by atoms with van der Waals surface area (Å²) in [5.74, 6) is -1.48. The maximum atomic E-state index is 13.3. The first-order valence-corrected chi connectivity index (χ1v) is 6.00. The molecule has 0 saturated heterocycles. The molecule has 0 aromatic heterocycles. The number of hydrogen-bond donors (Lipinski definition) is 2. The number of carbonyl (C=O) groups is 2. The highest BCUT2D eigenvalue weighted by Crippen LogP contribution is 2.08. The minimum Gasteiger partial charge on any atom is -0.267 e. The summed E-state index contributed by atoms with van der Waals surface area (Å²) in [6.45, 7) is 1.61. The van der Waals surface area contributed by atoms with E-state index in [1.54, 1.807) is 37.3 Å². The Balaban J connectivity index is 1.98. The van der Waals surface area contributed by atoms with Crippen LogP contribution in [-0.2, 0) is 0 Å². The Hall–Kier alpha value is -2.69. The topological polar surface area (TPSA) is 58.2 Å². The van der Waals surface area contributed by atoms with E-state index in [1.165, 1.54) is 12.1 Å². The summed E-state index contributed by atoms with van der Waals surface area (Å²) in [5, 5.41) is 0. The van der Waals surface area contributed by atoms with Gasteiger partial charge in [-0.1, -0.05) is 24.3 Å². The summed E-state index contributed by atoms with van der Waals surface area (Å²) in [4.78, 5) is 23.5. The van der Waals surface area contributed by atoms with Crippen LogP contribution >= 0.6 is 0 Å². The molecule has 0 spiro atoms. The lowest BCUT2D eigenvalue weighted by atomic mass is 10.1. The van der Waals surface area contributed by atoms with Crippen LogP contribution in [0.4, 0.5) is 4.39 Å². The third-order valence-corrected chi connectivity index (χ3v) is 2.76. The third kappa shape index (κ3) is 3.20. The Morgan fingerprint density at radius 3 is 2.10 bits per heavy atom. The molecule has 20 heavy (non-hydrogen) atoms. The van der Waals surface area contributed by atoms with Crippen LogP contribution in [0.3, 0.4) is 0 Å². The Morgan fingerprint density at radius 1 is 0.900 bits per heavy atom. The van der Waals surface area contributed by atoms with E-state index in [2.05, 4.69) is 10.9 Å². The van der Waals surface area contributed by atoms with Gasteiger partial charge in [0.15, 0.2) is 0 Å². The summed E-state index contributed by atoms with van der Waals surface area (Å²) in [5.41, 5.74) is 5.52. The number of hydrazine groups is 1. The van der Waals surface area contributed by atoms with Crippen molar-refractivity contribution < 1.29 is 14.0 Å². The van der Waals surface area contributed by atoms with Gasteiger partial charge < -0.3 is 0 Å². The number of hydrogen-bond acceptors (Lipinski definition) is 2. The average molecular weight is 272 g/mol. The number of rotatable bonds is 2. The van der Waals surface area contributed by atoms with Gasteiger partial charge in [0.25, 0.3) is 11.8 Å². The minimum absolute atomic E-state index is 0.140. The predicted molar refractivity (Wildman–Crippen MR) is 72.5 cm³/mol. The second-order valence-corrected chi connectivity index (χ2v) is 4.24. The summed E-state index contributed by atoms with van der Waals surface area (Å²) >= 11 is 0. The molecule has 0 heterocycles. The van der Waals surface area contributed by atoms with Gasteiger partial charge >= 0.3 is 0 Å². The van der Waals surface area contributed by atoms with Crippen molar-refractivity contribution in [3.8, 4) is 0 Å². The zero-order chi connectivity index (χ0) is 14.5. The summed E-state index contributed by atoms with van der Waals surface area (Å²) in [6.07, 6.45) is 0. The number of nitrogens with one attached hydrogen (secondary N) is 2. The van der Waals surface area contributed by atoms with E-state index in [9.17, 15) is 14.0 Å². The minimum atomic E-state index is -0.576. The molecule has 0 aliphatic heterocycles. The van der Waals surface area contributed by atoms with Crippen LogP contribution in [-0.4, -0.2) is 11.8 Å². The zero-order valence-corrected chi connectivity index (χ0v) is 10.8. The molecule has 0 aliphatic rings. The van der Waals surface area contributed by atoms with Crippen LogP contribution in [0.15, 0.2) is 48.5 Å². The van der Waals surface area contributed by atoms with Gasteiger partial charge in [-0.25, -0.2) is 4.39 Å². The van der Waals surface area contributed by atoms with Crippen molar-refractivity contribution in [1.82, 2.24) is 10.9 Å². The van der Waals surface area contributed by atoms with E-state index in [4.69, 9.17) is 0 Å². The number of benzene rings is 2. The molecule has 0 fully saturated rings. The third-order valence-electron chi connectivity index (χ3n) is 2.76. The average Bonchev–Trinajstić information content (AvgIpc) is 2.48. The molecule has 2 N–H and O–H groups in total. The molecule has 0 atom stereocenters. The van der Waals surface area contributed by atoms with Crippen LogP contribution in [0, 0.1) is 12.7 Å². The lowest BCUT2D eigenvalue weighted by Gasteiger charge is -2.08. The van der Waals surface area contributed by atoms with Crippen molar-refractivity contribution >= 4 is 11.8 Å². The first-order chi connectivity index (χ1) is 9.58. The van der Waals surface area contributed by atoms with Gasteiger partial charge in [-0.3, -0.25) is 20.4 Å². The van der Waals surface area contributed by atoms with E-state index in [0.29, 0.717) is 11.1 Å². The van der Waals surface area contributed by atoms with E-state index in [0.717, 1.165) is 6.07 Å². The quantitative estimate of drug-likeness (QED) is 0.823. The fraction of sp³-hybridized carbons (Fsp3) is 0.0667. The summed E-state index contributed by atoms with van der Waals surface area (Å²) < 4.78 is 13.3. The summed E-state index contributed by atoms with van der Waals surface area (Å²) in [6, 6.07) is 12.6. The standard InChI is InChI=1S/C15H13FN2O2/c1-10-7-8-12(9-13(10)16)15(20)18-17-14(19)11-5-3-2-4-6-11/h2-9H,1H3,(H,17,19)(H,18,20). The fourth-order valence-electron chi connectivity index (χ4n) is 1.58. The first-order valence-electron chi connectivity index (χ1n) is 6.00. The molecular weight excluding hydrogens is 259 g/mol. The van der Waals surface area contributed by atoms with Crippen molar-refractivity contribution in [2.45, 2.75) is 6.92 Å². The molecule has 0 unspecified atom stereocenters. The smallest absolute Gasteiger partial charge is 0.267 e. The normalized spacial score (nSPS) is 9.90. The van der Waals surface area contributed by atoms with Crippen LogP contribution in [0.5, 0.6) is 0 Å². The summed E-state index contributed by atoms with van der Waals surface area (Å²) in [7, 11) is 0. The van der Waals surface area contributed by atoms with Gasteiger partial charge in [-0.15, -0.1) is 0 Å². The second kappa shape index (κ2) is 5.97. The van der Waals surface area contributed by atoms with E-state index >= 15 is 0 Å². The molecular formula is C15H13FN2O2. The molecule has 0 radical (unpaired) electrons. The lowest BCUT2D eigenvalue weighted by Crippen LogP contribution is -2.41. The fourth-order valence-corrected chi connectivity index (χ4v) is 1.58. The largest absolute Gasteiger partial charge is 0.269 e. The highest BCUT2D eigenvalue weighted by atomic mass is 19.1. The predicted octanol–water partition coefficient (Wildman–Crippen LogP) is 2.21. The second-order valence-electron chi connectivity index (χ2n) is 4.24. The zero-order valence-electron chi connectivity index (χ0n) is 10.8. The van der Waals surface area contributed by atoms with Gasteiger partial charge in [0, 0.05) is 11.1 Å². The van der Waals surface area contributed by atoms with Gasteiger partial charge in [0.2, 0.25) is 0 Å². The van der Waals surface area contributed by atoms with Gasteiger partial charge in [-0.05, 0) is 36.8 Å². The molecule has 102 valence electrons. The van der Waals surface area contributed by atoms with Crippen molar-refractivity contribution in [2.75, 3.05) is 0 Å². The molecule has 5 heteroatoms. The number of aryl methyl sites for hydroxylation is 1. The van der Waals surface area contributed by atoms with Gasteiger partial charge in [0.05, 0.1) is 0 Å². The molecule has 0 saturated carbocycles. The monoisotopic (exact) mass is 272 g/mol. The highest BCUT2D eigenvalue weighted by Gasteiger charge is 2.10. The maximum absolute atomic E-state index is 13.3. The molecule has 2 rings (SSSR count). The van der Waals surface area contributed by atoms with Crippen molar-refractivity contribution in [3.63, 3.8) is 0 Å². The van der Waals surface area contributed by atoms with E-state index < -0.39 is 17.6 Å². The van der Waals surface area contributed by atoms with Crippen molar-refractivity contribution in [2.24, 2.45) is 0 Å². The Bertz CT molecular complexity index is 642. The number of halogens is 1. The molecule has 2 aromatic rings. The Labute approximate surface area is 115 Å². The molecule has 2 aromatic carbocycles. The first kappa shape index (κ1) is 13.7. The van der Waals surface area contributed by atoms with Gasteiger partial charge in [-0.2, -0.15) is 0 Å². The maximum Gasteiger partial charge on any atom is 0.269 e. The Morgan fingerprint density at radius 2 is 1.50 bits per heavy atom. The molecule has 0 bridgehead atoms. The molecule has 4 nitrogen and oxygen atoms in total. The number of amides is 2. The Kier molecular flexibility index (Phi) is 4.10. The van der Waals surface area contributed by atoms with Crippen LogP contribution in [0.2, 0.25) is 0 Å². The van der Waals surface area contributed by atoms with Crippen LogP contribution in [0.25, 0.3) is 0 Å². The molecule has 0 aliphatic carbocycles. The van der Waals surface area contributed by atoms with E-state index in [-0.39, 0.29) is 5.56 Å². The molecule has 2 amide bonds.